The van der Waals surface area contributed by atoms with E-state index >= 15 is 0 Å². The van der Waals surface area contributed by atoms with Gasteiger partial charge in [0.2, 0.25) is 0 Å². The van der Waals surface area contributed by atoms with Crippen molar-refractivity contribution in [3.63, 3.8) is 0 Å². The van der Waals surface area contributed by atoms with E-state index in [1.807, 2.05) is 17.1 Å². The van der Waals surface area contributed by atoms with Gasteiger partial charge in [-0.25, -0.2) is 0 Å². The molecule has 1 aliphatic rings. The number of hydrogen-bond donors (Lipinski definition) is 0. The molecule has 2 aromatic rings. The molecule has 0 aliphatic carbocycles. The van der Waals surface area contributed by atoms with Crippen LogP contribution in [0.4, 0.5) is 0 Å². The summed E-state index contributed by atoms with van der Waals surface area (Å²) in [5.41, 5.74) is 0.773. The summed E-state index contributed by atoms with van der Waals surface area (Å²) in [5.74, 6) is 1.35. The minimum absolute atomic E-state index is 0.602. The Bertz CT molecular complexity index is 649. The maximum atomic E-state index is 6.16. The maximum Gasteiger partial charge on any atom is 0.147 e. The molecular formula is C15H14Cl2N2O2. The molecule has 0 radical (unpaired) electrons. The fourth-order valence-corrected chi connectivity index (χ4v) is 2.44. The van der Waals surface area contributed by atoms with E-state index in [1.54, 1.807) is 24.4 Å². The molecule has 0 N–H and O–H groups in total. The summed E-state index contributed by atoms with van der Waals surface area (Å²) in [7, 11) is 0. The molecule has 0 unspecified atom stereocenters. The Labute approximate surface area is 132 Å². The molecule has 0 amide bonds. The summed E-state index contributed by atoms with van der Waals surface area (Å²) in [6.07, 6.45) is 1.70. The molecule has 110 valence electrons. The van der Waals surface area contributed by atoms with Crippen molar-refractivity contribution >= 4 is 29.4 Å². The highest BCUT2D eigenvalue weighted by atomic mass is 35.5. The third-order valence-electron chi connectivity index (χ3n) is 3.16. The van der Waals surface area contributed by atoms with Gasteiger partial charge in [-0.2, -0.15) is 5.10 Å². The number of hydrogen-bond acceptors (Lipinski definition) is 4. The average Bonchev–Trinajstić information content (AvgIpc) is 2.97. The zero-order valence-electron chi connectivity index (χ0n) is 11.3. The topological polar surface area (TPSA) is 38.0 Å². The van der Waals surface area contributed by atoms with Gasteiger partial charge in [-0.15, -0.1) is 0 Å². The van der Waals surface area contributed by atoms with Gasteiger partial charge in [0.05, 0.1) is 37.5 Å². The lowest BCUT2D eigenvalue weighted by molar-refractivity contribution is 0.0396. The first-order chi connectivity index (χ1) is 10.2. The van der Waals surface area contributed by atoms with Crippen LogP contribution in [0.25, 0.3) is 11.3 Å². The van der Waals surface area contributed by atoms with Crippen LogP contribution in [0, 0.1) is 0 Å². The second-order valence-corrected chi connectivity index (χ2v) is 5.48. The summed E-state index contributed by atoms with van der Waals surface area (Å²) in [6.45, 7) is 3.01. The van der Waals surface area contributed by atoms with Crippen molar-refractivity contribution in [2.45, 2.75) is 0 Å². The van der Waals surface area contributed by atoms with Crippen LogP contribution in [0.15, 0.2) is 39.9 Å². The highest BCUT2D eigenvalue weighted by molar-refractivity contribution is 6.35. The lowest BCUT2D eigenvalue weighted by Crippen LogP contribution is -2.32. The van der Waals surface area contributed by atoms with Crippen molar-refractivity contribution < 1.29 is 9.15 Å². The number of rotatable bonds is 3. The van der Waals surface area contributed by atoms with Crippen LogP contribution in [0.2, 0.25) is 10.0 Å². The summed E-state index contributed by atoms with van der Waals surface area (Å²) >= 11 is 12.2. The quantitative estimate of drug-likeness (QED) is 0.803. The third-order valence-corrected chi connectivity index (χ3v) is 3.72. The standard InChI is InChI=1S/C15H14Cl2N2O2/c16-11-1-3-14(17)13(9-11)15-4-2-12(21-15)10-18-19-5-7-20-8-6-19/h1-4,9-10H,5-8H2/b18-10+. The Hall–Kier alpha value is -1.49. The molecule has 2 heterocycles. The Balaban J connectivity index is 1.76. The van der Waals surface area contributed by atoms with Crippen LogP contribution in [-0.2, 0) is 4.74 Å². The van der Waals surface area contributed by atoms with Gasteiger partial charge in [-0.05, 0) is 30.3 Å². The highest BCUT2D eigenvalue weighted by Gasteiger charge is 2.10. The van der Waals surface area contributed by atoms with E-state index in [2.05, 4.69) is 5.10 Å². The van der Waals surface area contributed by atoms with Crippen LogP contribution < -0.4 is 0 Å². The first-order valence-electron chi connectivity index (χ1n) is 6.64. The van der Waals surface area contributed by atoms with Crippen molar-refractivity contribution in [3.05, 3.63) is 46.1 Å². The van der Waals surface area contributed by atoms with E-state index in [-0.39, 0.29) is 0 Å². The Morgan fingerprint density at radius 2 is 1.90 bits per heavy atom. The number of halogens is 2. The molecule has 4 nitrogen and oxygen atoms in total. The lowest BCUT2D eigenvalue weighted by Gasteiger charge is -2.23. The van der Waals surface area contributed by atoms with Crippen LogP contribution in [0.3, 0.4) is 0 Å². The maximum absolute atomic E-state index is 6.16. The molecule has 21 heavy (non-hydrogen) atoms. The van der Waals surface area contributed by atoms with E-state index < -0.39 is 0 Å². The van der Waals surface area contributed by atoms with Crippen LogP contribution in [0.1, 0.15) is 5.76 Å². The summed E-state index contributed by atoms with van der Waals surface area (Å²) in [4.78, 5) is 0. The van der Waals surface area contributed by atoms with Crippen molar-refractivity contribution in [2.24, 2.45) is 5.10 Å². The van der Waals surface area contributed by atoms with Gasteiger partial charge in [0.1, 0.15) is 11.5 Å². The lowest BCUT2D eigenvalue weighted by atomic mass is 10.2. The van der Waals surface area contributed by atoms with Crippen molar-refractivity contribution in [3.8, 4) is 11.3 Å². The number of benzene rings is 1. The first-order valence-corrected chi connectivity index (χ1v) is 7.40. The zero-order chi connectivity index (χ0) is 14.7. The van der Waals surface area contributed by atoms with Crippen molar-refractivity contribution in [1.29, 1.82) is 0 Å². The Morgan fingerprint density at radius 3 is 2.71 bits per heavy atom. The minimum atomic E-state index is 0.602. The molecule has 1 aromatic carbocycles. The van der Waals surface area contributed by atoms with E-state index in [0.29, 0.717) is 34.8 Å². The second-order valence-electron chi connectivity index (χ2n) is 4.64. The van der Waals surface area contributed by atoms with Gasteiger partial charge in [-0.3, -0.25) is 5.01 Å². The summed E-state index contributed by atoms with van der Waals surface area (Å²) in [6, 6.07) is 9.00. The van der Waals surface area contributed by atoms with E-state index in [9.17, 15) is 0 Å². The van der Waals surface area contributed by atoms with E-state index in [0.717, 1.165) is 18.7 Å². The molecule has 0 spiro atoms. The normalized spacial score (nSPS) is 15.8. The fourth-order valence-electron chi connectivity index (χ4n) is 2.06. The van der Waals surface area contributed by atoms with E-state index in [4.69, 9.17) is 32.4 Å². The highest BCUT2D eigenvalue weighted by Crippen LogP contribution is 2.31. The molecule has 3 rings (SSSR count). The zero-order valence-corrected chi connectivity index (χ0v) is 12.8. The predicted molar refractivity (Wildman–Crippen MR) is 84.2 cm³/mol. The summed E-state index contributed by atoms with van der Waals surface area (Å²) < 4.78 is 11.0. The van der Waals surface area contributed by atoms with Crippen LogP contribution in [0.5, 0.6) is 0 Å². The second kappa shape index (κ2) is 6.52. The van der Waals surface area contributed by atoms with Gasteiger partial charge in [0.15, 0.2) is 0 Å². The average molecular weight is 325 g/mol. The molecule has 1 saturated heterocycles. The molecule has 0 atom stereocenters. The van der Waals surface area contributed by atoms with Crippen molar-refractivity contribution in [2.75, 3.05) is 26.3 Å². The fraction of sp³-hybridized carbons (Fsp3) is 0.267. The molecule has 1 aliphatic heterocycles. The van der Waals surface area contributed by atoms with Gasteiger partial charge >= 0.3 is 0 Å². The minimum Gasteiger partial charge on any atom is -0.455 e. The van der Waals surface area contributed by atoms with Gasteiger partial charge < -0.3 is 9.15 Å². The van der Waals surface area contributed by atoms with Gasteiger partial charge in [-0.1, -0.05) is 23.2 Å². The first kappa shape index (κ1) is 14.4. The summed E-state index contributed by atoms with van der Waals surface area (Å²) in [5, 5.41) is 7.55. The van der Waals surface area contributed by atoms with Crippen LogP contribution in [-0.4, -0.2) is 37.5 Å². The number of hydrazone groups is 1. The smallest absolute Gasteiger partial charge is 0.147 e. The van der Waals surface area contributed by atoms with E-state index in [1.165, 1.54) is 0 Å². The molecular weight excluding hydrogens is 311 g/mol. The number of ether oxygens (including phenoxy) is 1. The molecule has 1 fully saturated rings. The molecule has 1 aromatic heterocycles. The molecule has 6 heteroatoms. The third kappa shape index (κ3) is 3.59. The van der Waals surface area contributed by atoms with Gasteiger partial charge in [0, 0.05) is 10.6 Å². The van der Waals surface area contributed by atoms with Crippen LogP contribution >= 0.6 is 23.2 Å². The Kier molecular flexibility index (Phi) is 4.48. The number of furan rings is 1. The SMILES string of the molecule is Clc1ccc(Cl)c(-c2ccc(/C=N/N3CCOCC3)o2)c1. The number of morpholine rings is 1. The molecule has 0 saturated carbocycles. The monoisotopic (exact) mass is 324 g/mol. The van der Waals surface area contributed by atoms with Crippen molar-refractivity contribution in [1.82, 2.24) is 5.01 Å². The largest absolute Gasteiger partial charge is 0.455 e. The number of nitrogens with zero attached hydrogens (tertiary/aromatic N) is 2. The molecule has 0 bridgehead atoms. The Morgan fingerprint density at radius 1 is 1.10 bits per heavy atom. The van der Waals surface area contributed by atoms with Gasteiger partial charge in [0.25, 0.3) is 0 Å². The predicted octanol–water partition coefficient (Wildman–Crippen LogP) is 3.92.